The fraction of sp³-hybridized carbons (Fsp3) is 0.0870. The van der Waals surface area contributed by atoms with Gasteiger partial charge in [-0.05, 0) is 48.0 Å². The van der Waals surface area contributed by atoms with Crippen molar-refractivity contribution in [2.24, 2.45) is 0 Å². The number of hydrogen-bond donors (Lipinski definition) is 1. The molecule has 1 N–H and O–H groups in total. The largest absolute Gasteiger partial charge is 0.497 e. The van der Waals surface area contributed by atoms with E-state index in [4.69, 9.17) is 21.1 Å². The maximum Gasteiger partial charge on any atom is 0.277 e. The molecule has 0 aliphatic heterocycles. The number of carbonyl (C=O) groups is 1. The van der Waals surface area contributed by atoms with Gasteiger partial charge in [0, 0.05) is 5.02 Å². The number of halogens is 1. The SMILES string of the molecule is COc1ccc(Oc2ccc(Cl)cc2NC(=O)c2cn(Cc3ccccc3)nn2)cc1. The molecule has 1 heterocycles. The molecule has 0 aliphatic rings. The first kappa shape index (κ1) is 20.4. The maximum atomic E-state index is 12.7. The monoisotopic (exact) mass is 434 g/mol. The van der Waals surface area contributed by atoms with Crippen LogP contribution in [0.1, 0.15) is 16.1 Å². The molecule has 156 valence electrons. The Morgan fingerprint density at radius 2 is 1.77 bits per heavy atom. The van der Waals surface area contributed by atoms with Crippen LogP contribution in [0.2, 0.25) is 5.02 Å². The highest BCUT2D eigenvalue weighted by Crippen LogP contribution is 2.33. The van der Waals surface area contributed by atoms with Crippen molar-refractivity contribution in [3.8, 4) is 17.2 Å². The summed E-state index contributed by atoms with van der Waals surface area (Å²) < 4.78 is 12.7. The quantitative estimate of drug-likeness (QED) is 0.441. The second-order valence-electron chi connectivity index (χ2n) is 6.66. The predicted molar refractivity (Wildman–Crippen MR) is 118 cm³/mol. The Morgan fingerprint density at radius 3 is 2.52 bits per heavy atom. The van der Waals surface area contributed by atoms with Gasteiger partial charge in [-0.15, -0.1) is 5.10 Å². The fourth-order valence-corrected chi connectivity index (χ4v) is 3.07. The van der Waals surface area contributed by atoms with Crippen LogP contribution in [-0.2, 0) is 6.54 Å². The molecule has 1 amide bonds. The summed E-state index contributed by atoms with van der Waals surface area (Å²) in [5.41, 5.74) is 1.67. The third-order valence-corrected chi connectivity index (χ3v) is 4.67. The summed E-state index contributed by atoms with van der Waals surface area (Å²) in [6, 6.07) is 21.9. The smallest absolute Gasteiger partial charge is 0.277 e. The van der Waals surface area contributed by atoms with Crippen LogP contribution < -0.4 is 14.8 Å². The Balaban J connectivity index is 1.49. The van der Waals surface area contributed by atoms with E-state index in [0.29, 0.717) is 28.8 Å². The summed E-state index contributed by atoms with van der Waals surface area (Å²) in [5, 5.41) is 11.3. The molecule has 7 nitrogen and oxygen atoms in total. The summed E-state index contributed by atoms with van der Waals surface area (Å²) in [4.78, 5) is 12.7. The van der Waals surface area contributed by atoms with E-state index in [2.05, 4.69) is 15.6 Å². The highest BCUT2D eigenvalue weighted by Gasteiger charge is 2.15. The zero-order chi connectivity index (χ0) is 21.6. The number of rotatable bonds is 7. The summed E-state index contributed by atoms with van der Waals surface area (Å²) in [6.07, 6.45) is 1.59. The van der Waals surface area contributed by atoms with Crippen molar-refractivity contribution in [3.05, 3.63) is 95.3 Å². The highest BCUT2D eigenvalue weighted by atomic mass is 35.5. The van der Waals surface area contributed by atoms with Gasteiger partial charge in [-0.2, -0.15) is 0 Å². The minimum atomic E-state index is -0.416. The molecule has 0 fully saturated rings. The second-order valence-corrected chi connectivity index (χ2v) is 7.10. The molecule has 0 saturated heterocycles. The molecular formula is C23H19ClN4O3. The van der Waals surface area contributed by atoms with Crippen molar-refractivity contribution >= 4 is 23.2 Å². The number of ether oxygens (including phenoxy) is 2. The molecule has 0 unspecified atom stereocenters. The zero-order valence-corrected chi connectivity index (χ0v) is 17.4. The Labute approximate surface area is 184 Å². The topological polar surface area (TPSA) is 78.3 Å². The van der Waals surface area contributed by atoms with E-state index in [-0.39, 0.29) is 5.69 Å². The molecule has 4 rings (SSSR count). The summed E-state index contributed by atoms with van der Waals surface area (Å²) in [6.45, 7) is 0.518. The van der Waals surface area contributed by atoms with Crippen molar-refractivity contribution in [2.45, 2.75) is 6.54 Å². The number of nitrogens with zero attached hydrogens (tertiary/aromatic N) is 3. The van der Waals surface area contributed by atoms with E-state index in [1.165, 1.54) is 0 Å². The van der Waals surface area contributed by atoms with Gasteiger partial charge in [-0.3, -0.25) is 4.79 Å². The van der Waals surface area contributed by atoms with Gasteiger partial charge in [0.25, 0.3) is 5.91 Å². The number of aromatic nitrogens is 3. The summed E-state index contributed by atoms with van der Waals surface area (Å²) >= 11 is 6.13. The predicted octanol–water partition coefficient (Wildman–Crippen LogP) is 5.03. The standard InChI is InChI=1S/C23H19ClN4O3/c1-30-18-8-10-19(11-9-18)31-22-12-7-17(24)13-20(22)25-23(29)21-15-28(27-26-21)14-16-5-3-2-4-6-16/h2-13,15H,14H2,1H3,(H,25,29). The van der Waals surface area contributed by atoms with Crippen molar-refractivity contribution < 1.29 is 14.3 Å². The molecule has 0 spiro atoms. The Bertz CT molecular complexity index is 1180. The van der Waals surface area contributed by atoms with Crippen LogP contribution >= 0.6 is 11.6 Å². The minimum absolute atomic E-state index is 0.186. The van der Waals surface area contributed by atoms with Gasteiger partial charge in [-0.25, -0.2) is 4.68 Å². The number of carbonyl (C=O) groups excluding carboxylic acids is 1. The molecule has 4 aromatic rings. The van der Waals surface area contributed by atoms with Crippen molar-refractivity contribution in [1.82, 2.24) is 15.0 Å². The number of benzene rings is 3. The summed E-state index contributed by atoms with van der Waals surface area (Å²) in [7, 11) is 1.60. The van der Waals surface area contributed by atoms with Crippen LogP contribution in [-0.4, -0.2) is 28.0 Å². The Morgan fingerprint density at radius 1 is 1.03 bits per heavy atom. The normalized spacial score (nSPS) is 10.5. The lowest BCUT2D eigenvalue weighted by molar-refractivity contribution is 0.102. The molecule has 0 bridgehead atoms. The van der Waals surface area contributed by atoms with E-state index in [0.717, 1.165) is 11.3 Å². The van der Waals surface area contributed by atoms with Gasteiger partial charge in [0.2, 0.25) is 0 Å². The average Bonchev–Trinajstić information content (AvgIpc) is 3.25. The lowest BCUT2D eigenvalue weighted by atomic mass is 10.2. The number of amides is 1. The lowest BCUT2D eigenvalue weighted by Gasteiger charge is -2.12. The van der Waals surface area contributed by atoms with E-state index in [1.807, 2.05) is 30.3 Å². The maximum absolute atomic E-state index is 12.7. The van der Waals surface area contributed by atoms with Gasteiger partial charge in [0.1, 0.15) is 11.5 Å². The third kappa shape index (κ3) is 5.21. The molecule has 1 aromatic heterocycles. The van der Waals surface area contributed by atoms with E-state index in [1.54, 1.807) is 60.5 Å². The minimum Gasteiger partial charge on any atom is -0.497 e. The van der Waals surface area contributed by atoms with E-state index in [9.17, 15) is 4.79 Å². The molecule has 3 aromatic carbocycles. The van der Waals surface area contributed by atoms with Crippen molar-refractivity contribution in [2.75, 3.05) is 12.4 Å². The number of nitrogens with one attached hydrogen (secondary N) is 1. The van der Waals surface area contributed by atoms with Crippen LogP contribution in [0.15, 0.2) is 79.0 Å². The molecular weight excluding hydrogens is 416 g/mol. The van der Waals surface area contributed by atoms with Gasteiger partial charge < -0.3 is 14.8 Å². The molecule has 8 heteroatoms. The lowest BCUT2D eigenvalue weighted by Crippen LogP contribution is -2.13. The van der Waals surface area contributed by atoms with E-state index < -0.39 is 5.91 Å². The number of hydrogen-bond acceptors (Lipinski definition) is 5. The fourth-order valence-electron chi connectivity index (χ4n) is 2.90. The molecule has 0 radical (unpaired) electrons. The van der Waals surface area contributed by atoms with Gasteiger partial charge in [0.15, 0.2) is 11.4 Å². The first-order valence-corrected chi connectivity index (χ1v) is 9.85. The van der Waals surface area contributed by atoms with Crippen LogP contribution in [0.3, 0.4) is 0 Å². The van der Waals surface area contributed by atoms with Crippen LogP contribution in [0.25, 0.3) is 0 Å². The molecule has 31 heavy (non-hydrogen) atoms. The molecule has 0 atom stereocenters. The first-order chi connectivity index (χ1) is 15.1. The first-order valence-electron chi connectivity index (χ1n) is 9.47. The second kappa shape index (κ2) is 9.32. The molecule has 0 saturated carbocycles. The van der Waals surface area contributed by atoms with Gasteiger partial charge in [-0.1, -0.05) is 47.1 Å². The van der Waals surface area contributed by atoms with Crippen LogP contribution in [0, 0.1) is 0 Å². The number of methoxy groups -OCH3 is 1. The van der Waals surface area contributed by atoms with E-state index >= 15 is 0 Å². The van der Waals surface area contributed by atoms with Crippen LogP contribution in [0.4, 0.5) is 5.69 Å². The third-order valence-electron chi connectivity index (χ3n) is 4.44. The number of anilines is 1. The average molecular weight is 435 g/mol. The Kier molecular flexibility index (Phi) is 6.14. The molecule has 0 aliphatic carbocycles. The highest BCUT2D eigenvalue weighted by molar-refractivity contribution is 6.31. The Hall–Kier alpha value is -3.84. The van der Waals surface area contributed by atoms with Gasteiger partial charge in [0.05, 0.1) is 25.5 Å². The van der Waals surface area contributed by atoms with Crippen molar-refractivity contribution in [1.29, 1.82) is 0 Å². The zero-order valence-electron chi connectivity index (χ0n) is 16.7. The van der Waals surface area contributed by atoms with Crippen molar-refractivity contribution in [3.63, 3.8) is 0 Å². The van der Waals surface area contributed by atoms with Crippen LogP contribution in [0.5, 0.6) is 17.2 Å². The summed E-state index contributed by atoms with van der Waals surface area (Å²) in [5.74, 6) is 1.34. The van der Waals surface area contributed by atoms with Gasteiger partial charge >= 0.3 is 0 Å².